The second-order valence-electron chi connectivity index (χ2n) is 4.00. The fourth-order valence-corrected chi connectivity index (χ4v) is 2.81. The molecular weight excluding hydrogens is 196 g/mol. The van der Waals surface area contributed by atoms with E-state index in [1.54, 1.807) is 11.3 Å². The Balaban J connectivity index is 2.01. The Morgan fingerprint density at radius 2 is 2.29 bits per heavy atom. The molecule has 1 saturated heterocycles. The molecule has 1 aromatic rings. The maximum absolute atomic E-state index is 10.3. The summed E-state index contributed by atoms with van der Waals surface area (Å²) in [6, 6.07) is 0. The fraction of sp³-hybridized carbons (Fsp3) is 0.700. The molecule has 14 heavy (non-hydrogen) atoms. The summed E-state index contributed by atoms with van der Waals surface area (Å²) in [5, 5.41) is 14.6. The van der Waals surface area contributed by atoms with Crippen LogP contribution >= 0.6 is 11.3 Å². The molecule has 0 saturated carbocycles. The van der Waals surface area contributed by atoms with E-state index in [0.717, 1.165) is 37.4 Å². The largest absolute Gasteiger partial charge is 0.389 e. The lowest BCUT2D eigenvalue weighted by Crippen LogP contribution is -2.43. The van der Waals surface area contributed by atoms with Crippen LogP contribution in [0.5, 0.6) is 0 Å². The first-order valence-corrected chi connectivity index (χ1v) is 5.84. The molecule has 0 atom stereocenters. The highest BCUT2D eigenvalue weighted by Gasteiger charge is 2.29. The van der Waals surface area contributed by atoms with Crippen LogP contribution in [0, 0.1) is 6.92 Å². The second kappa shape index (κ2) is 3.96. The van der Waals surface area contributed by atoms with Gasteiger partial charge < -0.3 is 10.4 Å². The summed E-state index contributed by atoms with van der Waals surface area (Å²) in [7, 11) is 0. The SMILES string of the molecule is Cc1ncc(CC2(O)CCNCC2)s1. The molecule has 2 rings (SSSR count). The van der Waals surface area contributed by atoms with Crippen molar-refractivity contribution in [3.8, 4) is 0 Å². The standard InChI is InChI=1S/C10H16N2OS/c1-8-12-7-9(14-8)6-10(13)2-4-11-5-3-10/h7,11,13H,2-6H2,1H3. The van der Waals surface area contributed by atoms with E-state index in [-0.39, 0.29) is 0 Å². The van der Waals surface area contributed by atoms with Gasteiger partial charge in [-0.2, -0.15) is 0 Å². The Bertz CT molecular complexity index is 305. The van der Waals surface area contributed by atoms with Crippen LogP contribution in [0.1, 0.15) is 22.7 Å². The Morgan fingerprint density at radius 3 is 2.86 bits per heavy atom. The highest BCUT2D eigenvalue weighted by Crippen LogP contribution is 2.25. The van der Waals surface area contributed by atoms with Crippen molar-refractivity contribution >= 4 is 11.3 Å². The minimum atomic E-state index is -0.496. The van der Waals surface area contributed by atoms with Gasteiger partial charge >= 0.3 is 0 Å². The van der Waals surface area contributed by atoms with E-state index < -0.39 is 5.60 Å². The number of aryl methyl sites for hydroxylation is 1. The van der Waals surface area contributed by atoms with Gasteiger partial charge in [-0.15, -0.1) is 11.3 Å². The lowest BCUT2D eigenvalue weighted by Gasteiger charge is -2.32. The first-order chi connectivity index (χ1) is 6.68. The highest BCUT2D eigenvalue weighted by atomic mass is 32.1. The molecule has 1 fully saturated rings. The van der Waals surface area contributed by atoms with E-state index in [1.165, 1.54) is 4.88 Å². The highest BCUT2D eigenvalue weighted by molar-refractivity contribution is 7.11. The molecule has 1 aromatic heterocycles. The van der Waals surface area contributed by atoms with Crippen LogP contribution < -0.4 is 5.32 Å². The molecule has 0 bridgehead atoms. The van der Waals surface area contributed by atoms with Gasteiger partial charge in [0.05, 0.1) is 10.6 Å². The zero-order chi connectivity index (χ0) is 10.0. The third-order valence-corrected chi connectivity index (χ3v) is 3.62. The van der Waals surface area contributed by atoms with E-state index in [0.29, 0.717) is 0 Å². The molecule has 78 valence electrons. The first kappa shape index (κ1) is 10.1. The predicted octanol–water partition coefficient (Wildman–Crippen LogP) is 1.11. The molecule has 0 aliphatic carbocycles. The molecule has 0 radical (unpaired) electrons. The Kier molecular flexibility index (Phi) is 2.85. The van der Waals surface area contributed by atoms with Crippen LogP contribution in [0.3, 0.4) is 0 Å². The lowest BCUT2D eigenvalue weighted by atomic mass is 9.89. The number of nitrogens with one attached hydrogen (secondary N) is 1. The summed E-state index contributed by atoms with van der Waals surface area (Å²) in [6.07, 6.45) is 4.36. The number of thiazole rings is 1. The third-order valence-electron chi connectivity index (χ3n) is 2.71. The van der Waals surface area contributed by atoms with E-state index in [9.17, 15) is 5.11 Å². The second-order valence-corrected chi connectivity index (χ2v) is 5.32. The number of nitrogens with zero attached hydrogens (tertiary/aromatic N) is 1. The molecule has 2 heterocycles. The van der Waals surface area contributed by atoms with Crippen molar-refractivity contribution in [2.24, 2.45) is 0 Å². The van der Waals surface area contributed by atoms with Crippen LogP contribution in [0.4, 0.5) is 0 Å². The van der Waals surface area contributed by atoms with E-state index in [2.05, 4.69) is 10.3 Å². The quantitative estimate of drug-likeness (QED) is 0.772. The number of hydrogen-bond acceptors (Lipinski definition) is 4. The smallest absolute Gasteiger partial charge is 0.0896 e. The van der Waals surface area contributed by atoms with Gasteiger partial charge in [-0.3, -0.25) is 0 Å². The lowest BCUT2D eigenvalue weighted by molar-refractivity contribution is 0.0115. The summed E-state index contributed by atoms with van der Waals surface area (Å²) in [5.41, 5.74) is -0.496. The molecule has 4 heteroatoms. The Morgan fingerprint density at radius 1 is 1.57 bits per heavy atom. The van der Waals surface area contributed by atoms with E-state index in [1.807, 2.05) is 13.1 Å². The number of piperidine rings is 1. The Hall–Kier alpha value is -0.450. The molecular formula is C10H16N2OS. The predicted molar refractivity (Wildman–Crippen MR) is 57.6 cm³/mol. The number of aromatic nitrogens is 1. The van der Waals surface area contributed by atoms with Gasteiger partial charge in [0.2, 0.25) is 0 Å². The van der Waals surface area contributed by atoms with Crippen LogP contribution in [0.2, 0.25) is 0 Å². The minimum Gasteiger partial charge on any atom is -0.389 e. The van der Waals surface area contributed by atoms with Gasteiger partial charge in [0.15, 0.2) is 0 Å². The van der Waals surface area contributed by atoms with Crippen LogP contribution in [0.25, 0.3) is 0 Å². The minimum absolute atomic E-state index is 0.496. The van der Waals surface area contributed by atoms with Crippen molar-refractivity contribution in [1.29, 1.82) is 0 Å². The van der Waals surface area contributed by atoms with Crippen molar-refractivity contribution in [1.82, 2.24) is 10.3 Å². The number of rotatable bonds is 2. The van der Waals surface area contributed by atoms with Crippen molar-refractivity contribution in [3.63, 3.8) is 0 Å². The molecule has 0 spiro atoms. The van der Waals surface area contributed by atoms with E-state index >= 15 is 0 Å². The van der Waals surface area contributed by atoms with Gasteiger partial charge in [-0.25, -0.2) is 4.98 Å². The van der Waals surface area contributed by atoms with Gasteiger partial charge in [0.1, 0.15) is 0 Å². The molecule has 3 nitrogen and oxygen atoms in total. The average Bonchev–Trinajstić information content (AvgIpc) is 2.51. The Labute approximate surface area is 88.2 Å². The summed E-state index contributed by atoms with van der Waals surface area (Å²) in [4.78, 5) is 5.41. The van der Waals surface area contributed by atoms with Gasteiger partial charge in [0, 0.05) is 17.5 Å². The molecule has 1 aliphatic heterocycles. The molecule has 2 N–H and O–H groups in total. The normalized spacial score (nSPS) is 21.0. The first-order valence-electron chi connectivity index (χ1n) is 5.02. The van der Waals surface area contributed by atoms with Gasteiger partial charge in [-0.05, 0) is 32.9 Å². The third kappa shape index (κ3) is 2.32. The molecule has 0 unspecified atom stereocenters. The maximum Gasteiger partial charge on any atom is 0.0896 e. The molecule has 0 aromatic carbocycles. The van der Waals surface area contributed by atoms with Crippen LogP contribution in [0.15, 0.2) is 6.20 Å². The molecule has 1 aliphatic rings. The summed E-state index contributed by atoms with van der Waals surface area (Å²) < 4.78 is 0. The zero-order valence-corrected chi connectivity index (χ0v) is 9.23. The number of hydrogen-bond donors (Lipinski definition) is 2. The van der Waals surface area contributed by atoms with Crippen LogP contribution in [-0.4, -0.2) is 28.8 Å². The summed E-state index contributed by atoms with van der Waals surface area (Å²) >= 11 is 1.69. The van der Waals surface area contributed by atoms with Gasteiger partial charge in [-0.1, -0.05) is 0 Å². The van der Waals surface area contributed by atoms with Crippen molar-refractivity contribution in [2.45, 2.75) is 31.8 Å². The topological polar surface area (TPSA) is 45.2 Å². The van der Waals surface area contributed by atoms with Crippen molar-refractivity contribution < 1.29 is 5.11 Å². The summed E-state index contributed by atoms with van der Waals surface area (Å²) in [5.74, 6) is 0. The van der Waals surface area contributed by atoms with Crippen molar-refractivity contribution in [2.75, 3.05) is 13.1 Å². The fourth-order valence-electron chi connectivity index (χ4n) is 1.88. The maximum atomic E-state index is 10.3. The van der Waals surface area contributed by atoms with E-state index in [4.69, 9.17) is 0 Å². The van der Waals surface area contributed by atoms with Crippen molar-refractivity contribution in [3.05, 3.63) is 16.1 Å². The monoisotopic (exact) mass is 212 g/mol. The van der Waals surface area contributed by atoms with Gasteiger partial charge in [0.25, 0.3) is 0 Å². The molecule has 0 amide bonds. The zero-order valence-electron chi connectivity index (χ0n) is 8.42. The average molecular weight is 212 g/mol. The summed E-state index contributed by atoms with van der Waals surface area (Å²) in [6.45, 7) is 3.85. The number of aliphatic hydroxyl groups is 1. The van der Waals surface area contributed by atoms with Crippen LogP contribution in [-0.2, 0) is 6.42 Å².